The molecule has 0 bridgehead atoms. The molecule has 1 fully saturated rings. The van der Waals surface area contributed by atoms with Crippen LogP contribution in [-0.2, 0) is 4.74 Å². The maximum atomic E-state index is 12.3. The van der Waals surface area contributed by atoms with Gasteiger partial charge in [0.25, 0.3) is 0 Å². The van der Waals surface area contributed by atoms with E-state index in [4.69, 9.17) is 4.74 Å². The number of amides is 1. The average Bonchev–Trinajstić information content (AvgIpc) is 2.51. The Morgan fingerprint density at radius 2 is 1.87 bits per heavy atom. The van der Waals surface area contributed by atoms with Gasteiger partial charge in [0.05, 0.1) is 5.60 Å². The summed E-state index contributed by atoms with van der Waals surface area (Å²) in [5, 5.41) is 9.73. The number of allylic oxidation sites excluding steroid dienone is 1. The molecule has 1 saturated heterocycles. The lowest BCUT2D eigenvalue weighted by atomic mass is 10.0. The van der Waals surface area contributed by atoms with Gasteiger partial charge in [-0.05, 0) is 52.0 Å². The fraction of sp³-hybridized carbons (Fsp3) is 0.842. The molecule has 1 N–H and O–H groups in total. The lowest BCUT2D eigenvalue weighted by molar-refractivity contribution is 0.0779. The van der Waals surface area contributed by atoms with Crippen LogP contribution in [0.15, 0.2) is 11.8 Å². The van der Waals surface area contributed by atoms with Crippen LogP contribution in [0.1, 0.15) is 86.5 Å². The SMILES string of the molecule is CC/C(=C\CC(C)(C)O)OC(=O)N1CCCCC1CC.CCC. The summed E-state index contributed by atoms with van der Waals surface area (Å²) in [6.45, 7) is 12.6. The van der Waals surface area contributed by atoms with Gasteiger partial charge in [-0.1, -0.05) is 34.1 Å². The third-order valence-electron chi connectivity index (χ3n) is 3.73. The molecule has 1 atom stereocenters. The number of carbonyl (C=O) groups is 1. The Balaban J connectivity index is 0.00000149. The van der Waals surface area contributed by atoms with Gasteiger partial charge in [-0.2, -0.15) is 0 Å². The van der Waals surface area contributed by atoms with Crippen molar-refractivity contribution in [2.75, 3.05) is 6.54 Å². The van der Waals surface area contributed by atoms with Crippen molar-refractivity contribution in [3.05, 3.63) is 11.8 Å². The van der Waals surface area contributed by atoms with Crippen LogP contribution in [0.25, 0.3) is 0 Å². The van der Waals surface area contributed by atoms with Gasteiger partial charge in [0.2, 0.25) is 0 Å². The van der Waals surface area contributed by atoms with Gasteiger partial charge in [0.1, 0.15) is 5.76 Å². The lowest BCUT2D eigenvalue weighted by Gasteiger charge is -2.34. The molecular formula is C19H37NO3. The van der Waals surface area contributed by atoms with Crippen LogP contribution in [-0.4, -0.2) is 34.3 Å². The van der Waals surface area contributed by atoms with Gasteiger partial charge in [0, 0.05) is 19.0 Å². The van der Waals surface area contributed by atoms with Crippen LogP contribution >= 0.6 is 0 Å². The third-order valence-corrected chi connectivity index (χ3v) is 3.73. The molecule has 0 aromatic heterocycles. The Kier molecular flexibility index (Phi) is 11.0. The number of hydrogen-bond acceptors (Lipinski definition) is 3. The second-order valence-electron chi connectivity index (χ2n) is 6.87. The molecule has 0 aromatic rings. The molecule has 0 radical (unpaired) electrons. The van der Waals surface area contributed by atoms with E-state index in [1.54, 1.807) is 13.8 Å². The minimum atomic E-state index is -0.774. The highest BCUT2D eigenvalue weighted by Gasteiger charge is 2.27. The van der Waals surface area contributed by atoms with E-state index < -0.39 is 5.60 Å². The number of aliphatic hydroxyl groups is 1. The summed E-state index contributed by atoms with van der Waals surface area (Å²) < 4.78 is 5.50. The Labute approximate surface area is 142 Å². The van der Waals surface area contributed by atoms with E-state index in [9.17, 15) is 9.90 Å². The predicted octanol–water partition coefficient (Wildman–Crippen LogP) is 5.26. The van der Waals surface area contributed by atoms with Gasteiger partial charge >= 0.3 is 6.09 Å². The zero-order chi connectivity index (χ0) is 17.9. The van der Waals surface area contributed by atoms with E-state index in [0.29, 0.717) is 24.6 Å². The minimum Gasteiger partial charge on any atom is -0.415 e. The lowest BCUT2D eigenvalue weighted by Crippen LogP contribution is -2.43. The first-order chi connectivity index (χ1) is 10.8. The summed E-state index contributed by atoms with van der Waals surface area (Å²) >= 11 is 0. The van der Waals surface area contributed by atoms with Crippen LogP contribution in [0.2, 0.25) is 0 Å². The summed E-state index contributed by atoms with van der Waals surface area (Å²) in [5.41, 5.74) is -0.774. The standard InChI is InChI=1S/C16H29NO3.C3H8/c1-5-13-9-7-8-12-17(13)15(18)20-14(6-2)10-11-16(3,4)19;1-3-2/h10,13,19H,5-9,11-12H2,1-4H3;3H2,1-2H3/b14-10+;. The second-order valence-corrected chi connectivity index (χ2v) is 6.87. The highest BCUT2D eigenvalue weighted by Crippen LogP contribution is 2.22. The van der Waals surface area contributed by atoms with Crippen molar-refractivity contribution in [2.45, 2.75) is 98.1 Å². The van der Waals surface area contributed by atoms with Crippen molar-refractivity contribution in [3.8, 4) is 0 Å². The number of rotatable bonds is 5. The van der Waals surface area contributed by atoms with Gasteiger partial charge < -0.3 is 14.7 Å². The Hall–Kier alpha value is -1.03. The van der Waals surface area contributed by atoms with Crippen molar-refractivity contribution >= 4 is 6.09 Å². The molecule has 1 unspecified atom stereocenters. The average molecular weight is 328 g/mol. The third kappa shape index (κ3) is 9.65. The number of likely N-dealkylation sites (tertiary alicyclic amines) is 1. The molecule has 0 saturated carbocycles. The fourth-order valence-electron chi connectivity index (χ4n) is 2.46. The molecule has 0 aromatic carbocycles. The van der Waals surface area contributed by atoms with Crippen LogP contribution < -0.4 is 0 Å². The Morgan fingerprint density at radius 1 is 1.26 bits per heavy atom. The molecular weight excluding hydrogens is 290 g/mol. The quantitative estimate of drug-likeness (QED) is 0.701. The van der Waals surface area contributed by atoms with Gasteiger partial charge in [-0.3, -0.25) is 0 Å². The largest absolute Gasteiger partial charge is 0.415 e. The maximum absolute atomic E-state index is 12.3. The van der Waals surface area contributed by atoms with E-state index >= 15 is 0 Å². The number of hydrogen-bond donors (Lipinski definition) is 1. The highest BCUT2D eigenvalue weighted by atomic mass is 16.6. The number of nitrogens with zero attached hydrogens (tertiary/aromatic N) is 1. The summed E-state index contributed by atoms with van der Waals surface area (Å²) in [7, 11) is 0. The first kappa shape index (κ1) is 22.0. The topological polar surface area (TPSA) is 49.8 Å². The molecule has 1 aliphatic heterocycles. The van der Waals surface area contributed by atoms with Crippen molar-refractivity contribution in [1.29, 1.82) is 0 Å². The summed E-state index contributed by atoms with van der Waals surface area (Å²) in [4.78, 5) is 14.1. The first-order valence-corrected chi connectivity index (χ1v) is 9.18. The highest BCUT2D eigenvalue weighted by molar-refractivity contribution is 5.69. The monoisotopic (exact) mass is 327 g/mol. The van der Waals surface area contributed by atoms with Gasteiger partial charge in [-0.15, -0.1) is 0 Å². The molecule has 1 amide bonds. The smallest absolute Gasteiger partial charge is 0.415 e. The van der Waals surface area contributed by atoms with Crippen molar-refractivity contribution < 1.29 is 14.6 Å². The molecule has 0 aliphatic carbocycles. The van der Waals surface area contributed by atoms with Crippen molar-refractivity contribution in [1.82, 2.24) is 4.90 Å². The van der Waals surface area contributed by atoms with Crippen LogP contribution in [0.3, 0.4) is 0 Å². The Morgan fingerprint density at radius 3 is 2.35 bits per heavy atom. The van der Waals surface area contributed by atoms with E-state index in [-0.39, 0.29) is 6.09 Å². The molecule has 1 heterocycles. The minimum absolute atomic E-state index is 0.236. The molecule has 23 heavy (non-hydrogen) atoms. The predicted molar refractivity (Wildman–Crippen MR) is 96.4 cm³/mol. The molecule has 1 rings (SSSR count). The Bertz CT molecular complexity index is 358. The van der Waals surface area contributed by atoms with E-state index in [2.05, 4.69) is 20.8 Å². The summed E-state index contributed by atoms with van der Waals surface area (Å²) in [5.74, 6) is 0.651. The van der Waals surface area contributed by atoms with Crippen LogP contribution in [0, 0.1) is 0 Å². The summed E-state index contributed by atoms with van der Waals surface area (Å²) in [6, 6.07) is 0.309. The molecule has 0 spiro atoms. The van der Waals surface area contributed by atoms with Crippen LogP contribution in [0.4, 0.5) is 4.79 Å². The number of piperidine rings is 1. The van der Waals surface area contributed by atoms with Crippen molar-refractivity contribution in [3.63, 3.8) is 0 Å². The second kappa shape index (κ2) is 11.5. The van der Waals surface area contributed by atoms with E-state index in [1.165, 1.54) is 12.8 Å². The van der Waals surface area contributed by atoms with Gasteiger partial charge in [0.15, 0.2) is 0 Å². The summed E-state index contributed by atoms with van der Waals surface area (Å²) in [6.07, 6.45) is 8.28. The van der Waals surface area contributed by atoms with E-state index in [0.717, 1.165) is 25.8 Å². The molecule has 4 heteroatoms. The zero-order valence-electron chi connectivity index (χ0n) is 16.0. The molecule has 1 aliphatic rings. The molecule has 136 valence electrons. The van der Waals surface area contributed by atoms with Gasteiger partial charge in [-0.25, -0.2) is 4.79 Å². The molecule has 4 nitrogen and oxygen atoms in total. The number of carbonyl (C=O) groups excluding carboxylic acids is 1. The first-order valence-electron chi connectivity index (χ1n) is 9.18. The van der Waals surface area contributed by atoms with Crippen LogP contribution in [0.5, 0.6) is 0 Å². The fourth-order valence-corrected chi connectivity index (χ4v) is 2.46. The zero-order valence-corrected chi connectivity index (χ0v) is 16.0. The normalized spacial score (nSPS) is 19.0. The van der Waals surface area contributed by atoms with E-state index in [1.807, 2.05) is 17.9 Å². The van der Waals surface area contributed by atoms with Crippen molar-refractivity contribution in [2.24, 2.45) is 0 Å². The number of ether oxygens (including phenoxy) is 1. The maximum Gasteiger partial charge on any atom is 0.415 e.